The summed E-state index contributed by atoms with van der Waals surface area (Å²) in [5.41, 5.74) is 14.1. The van der Waals surface area contributed by atoms with E-state index in [2.05, 4.69) is 95.3 Å². The summed E-state index contributed by atoms with van der Waals surface area (Å²) >= 11 is 0. The van der Waals surface area contributed by atoms with Gasteiger partial charge in [-0.05, 0) is 73.4 Å². The van der Waals surface area contributed by atoms with Gasteiger partial charge in [-0.25, -0.2) is 4.89 Å². The van der Waals surface area contributed by atoms with E-state index in [4.69, 9.17) is 24.9 Å². The number of aromatic nitrogens is 1. The fourth-order valence-electron chi connectivity index (χ4n) is 11.3. The zero-order valence-corrected chi connectivity index (χ0v) is 44.5. The van der Waals surface area contributed by atoms with Gasteiger partial charge in [-0.15, -0.1) is 0 Å². The Hall–Kier alpha value is -4.91. The normalized spacial score (nSPS) is 20.9. The number of nitrogens with zero attached hydrogens (tertiary/aromatic N) is 5. The Balaban J connectivity index is 1.10. The number of amides is 3. The Labute approximate surface area is 427 Å². The number of benzene rings is 2. The minimum Gasteiger partial charge on any atom is -0.379 e. The Morgan fingerprint density at radius 1 is 1.03 bits per heavy atom. The number of hydrogen-bond donors (Lipinski definition) is 4. The first-order chi connectivity index (χ1) is 34.5. The summed E-state index contributed by atoms with van der Waals surface area (Å²) in [6.45, 7) is 18.5. The van der Waals surface area contributed by atoms with E-state index >= 15 is 0 Å². The molecular formula is C56H82N8O8. The number of hydroxylamine groups is 2. The molecule has 1 unspecified atom stereocenters. The number of likely N-dealkylation sites (N-methyl/N-ethyl adjacent to an activating group) is 2. The molecule has 72 heavy (non-hydrogen) atoms. The highest BCUT2D eigenvalue weighted by Crippen LogP contribution is 2.54. The summed E-state index contributed by atoms with van der Waals surface area (Å²) < 4.78 is 14.2. The lowest BCUT2D eigenvalue weighted by molar-refractivity contribution is -0.263. The van der Waals surface area contributed by atoms with Crippen molar-refractivity contribution in [3.63, 3.8) is 0 Å². The van der Waals surface area contributed by atoms with Crippen LogP contribution < -0.4 is 16.4 Å². The molecule has 4 aliphatic rings. The van der Waals surface area contributed by atoms with Crippen molar-refractivity contribution < 1.29 is 38.8 Å². The molecule has 2 aromatic carbocycles. The van der Waals surface area contributed by atoms with Crippen LogP contribution in [0.4, 0.5) is 0 Å². The zero-order chi connectivity index (χ0) is 51.9. The Morgan fingerprint density at radius 2 is 1.79 bits per heavy atom. The molecule has 2 fully saturated rings. The molecule has 5 N–H and O–H groups in total. The highest BCUT2D eigenvalue weighted by Gasteiger charge is 2.48. The number of rotatable bonds is 24. The monoisotopic (exact) mass is 995 g/mol. The average Bonchev–Trinajstić information content (AvgIpc) is 3.95. The highest BCUT2D eigenvalue weighted by atomic mass is 17.1. The Bertz CT molecular complexity index is 2460. The van der Waals surface area contributed by atoms with E-state index < -0.39 is 17.5 Å². The van der Waals surface area contributed by atoms with Crippen molar-refractivity contribution in [1.29, 1.82) is 0 Å². The van der Waals surface area contributed by atoms with Gasteiger partial charge in [-0.1, -0.05) is 76.3 Å². The smallest absolute Gasteiger partial charge is 0.246 e. The molecule has 3 aromatic rings. The van der Waals surface area contributed by atoms with Gasteiger partial charge in [-0.2, -0.15) is 5.06 Å². The minimum atomic E-state index is -0.873. The second-order valence-corrected chi connectivity index (χ2v) is 21.5. The van der Waals surface area contributed by atoms with Crippen LogP contribution in [0.3, 0.4) is 0 Å². The first-order valence-electron chi connectivity index (χ1n) is 26.1. The standard InChI is InChI=1S/C56H82N8O8/c1-11-64-46-22-21-41(30-44(46)48-49(56(5,6)35-72-68)53(70-10)52-43(51(48)64)19-14-25-60(52)7)40-18-12-17-38(28-40)29-45(54(66)58-24-13-16-37(4)57)59-55(67)50(36(2)3)61(8)71-34-39-23-27-63(31-39)47(65)20-15-26-62-32-42(33-62)69-9/h12,14-15,17-22,28,30,36-37,39,42,45,49-50,53,68H,11,13,16,23-27,29,31-35,57H2,1-10H3,(H,58,66)(H,59,67)/b20-15+/t37-,39+,45+,49?,50+,53+/m1/s1. The second kappa shape index (κ2) is 24.4. The molecule has 0 bridgehead atoms. The predicted octanol–water partition coefficient (Wildman–Crippen LogP) is 6.06. The van der Waals surface area contributed by atoms with Crippen molar-refractivity contribution in [1.82, 2.24) is 35.0 Å². The fourth-order valence-corrected chi connectivity index (χ4v) is 11.3. The molecule has 16 nitrogen and oxygen atoms in total. The van der Waals surface area contributed by atoms with Gasteiger partial charge >= 0.3 is 0 Å². The van der Waals surface area contributed by atoms with Crippen molar-refractivity contribution in [3.8, 4) is 11.1 Å². The molecule has 16 heteroatoms. The number of nitrogens with one attached hydrogen (secondary N) is 2. The molecule has 3 amide bonds. The second-order valence-electron chi connectivity index (χ2n) is 21.5. The fraction of sp³-hybridized carbons (Fsp3) is 0.589. The van der Waals surface area contributed by atoms with E-state index in [0.717, 1.165) is 95.7 Å². The molecule has 7 rings (SSSR count). The number of ether oxygens (including phenoxy) is 2. The van der Waals surface area contributed by atoms with Crippen LogP contribution in [0.15, 0.2) is 72.5 Å². The molecule has 0 radical (unpaired) electrons. The van der Waals surface area contributed by atoms with Crippen LogP contribution in [0.5, 0.6) is 0 Å². The van der Waals surface area contributed by atoms with Crippen molar-refractivity contribution in [2.75, 3.05) is 87.3 Å². The predicted molar refractivity (Wildman–Crippen MR) is 283 cm³/mol. The van der Waals surface area contributed by atoms with Crippen molar-refractivity contribution in [2.24, 2.45) is 23.0 Å². The Morgan fingerprint density at radius 3 is 2.49 bits per heavy atom. The average molecular weight is 995 g/mol. The van der Waals surface area contributed by atoms with E-state index in [1.54, 1.807) is 32.4 Å². The lowest BCUT2D eigenvalue weighted by atomic mass is 9.67. The van der Waals surface area contributed by atoms with Crippen molar-refractivity contribution in [3.05, 3.63) is 89.3 Å². The molecule has 0 saturated carbocycles. The van der Waals surface area contributed by atoms with Gasteiger partial charge in [-0.3, -0.25) is 29.4 Å². The van der Waals surface area contributed by atoms with Crippen molar-refractivity contribution >= 4 is 34.2 Å². The number of carbonyl (C=O) groups is 3. The Kier molecular flexibility index (Phi) is 18.6. The lowest BCUT2D eigenvalue weighted by Crippen LogP contribution is -2.55. The maximum atomic E-state index is 14.4. The maximum Gasteiger partial charge on any atom is 0.246 e. The number of methoxy groups -OCH3 is 2. The van der Waals surface area contributed by atoms with Gasteiger partial charge in [0.25, 0.3) is 0 Å². The number of fused-ring (bicyclic) bond motifs is 4. The lowest BCUT2D eigenvalue weighted by Gasteiger charge is -2.46. The summed E-state index contributed by atoms with van der Waals surface area (Å²) in [5, 5.41) is 18.8. The number of likely N-dealkylation sites (tertiary alicyclic amines) is 2. The SMILES string of the molecule is CCn1c2c(c3cc(-c4cccc(C[C@H](NC(=O)[C@H](C(C)C)N(C)OC[C@H]5CCN(C(=O)/C=C/CN6CC(OC)C6)C5)C(=O)NCCC[C@@H](C)N)c4)ccc31)C(C(C)(C)COO)[C@H](OC)C1=C2C=CCN1C. The van der Waals surface area contributed by atoms with Gasteiger partial charge < -0.3 is 40.2 Å². The quantitative estimate of drug-likeness (QED) is 0.0354. The van der Waals surface area contributed by atoms with Crippen LogP contribution in [0.2, 0.25) is 0 Å². The minimum absolute atomic E-state index is 0.00120. The van der Waals surface area contributed by atoms with Gasteiger partial charge in [0.15, 0.2) is 0 Å². The summed E-state index contributed by atoms with van der Waals surface area (Å²) in [6, 6.07) is 13.2. The van der Waals surface area contributed by atoms with Gasteiger partial charge in [0, 0.05) is 133 Å². The van der Waals surface area contributed by atoms with Crippen LogP contribution >= 0.6 is 0 Å². The molecular weight excluding hydrogens is 913 g/mol. The number of nitrogens with two attached hydrogens (primary N) is 1. The zero-order valence-electron chi connectivity index (χ0n) is 44.5. The first kappa shape index (κ1) is 54.9. The first-order valence-corrected chi connectivity index (χ1v) is 26.1. The topological polar surface area (TPSA) is 176 Å². The molecule has 394 valence electrons. The van der Waals surface area contributed by atoms with Gasteiger partial charge in [0.05, 0.1) is 30.7 Å². The third kappa shape index (κ3) is 12.4. The van der Waals surface area contributed by atoms with Crippen LogP contribution in [-0.2, 0) is 46.5 Å². The third-order valence-electron chi connectivity index (χ3n) is 15.2. The third-order valence-corrected chi connectivity index (χ3v) is 15.2. The highest BCUT2D eigenvalue weighted by molar-refractivity contribution is 5.97. The number of hydrogen-bond acceptors (Lipinski definition) is 12. The molecule has 0 spiro atoms. The summed E-state index contributed by atoms with van der Waals surface area (Å²) in [4.78, 5) is 59.0. The maximum absolute atomic E-state index is 14.4. The number of allylic oxidation sites excluding steroid dienone is 2. The van der Waals surface area contributed by atoms with E-state index in [-0.39, 0.29) is 66.8 Å². The van der Waals surface area contributed by atoms with E-state index in [1.165, 1.54) is 0 Å². The molecule has 4 heterocycles. The summed E-state index contributed by atoms with van der Waals surface area (Å²) in [6.07, 6.45) is 10.5. The molecule has 1 aromatic heterocycles. The molecule has 1 aliphatic carbocycles. The van der Waals surface area contributed by atoms with Crippen molar-refractivity contribution in [2.45, 2.75) is 110 Å². The van der Waals surface area contributed by atoms with Crippen LogP contribution in [0.1, 0.15) is 83.5 Å². The van der Waals surface area contributed by atoms with Gasteiger partial charge in [0.1, 0.15) is 18.2 Å². The van der Waals surface area contributed by atoms with E-state index in [9.17, 15) is 19.6 Å². The number of carbonyl (C=O) groups excluding carboxylic acids is 3. The molecule has 2 saturated heterocycles. The molecule has 3 aliphatic heterocycles. The number of aryl methyl sites for hydroxylation is 1. The summed E-state index contributed by atoms with van der Waals surface area (Å²) in [7, 11) is 7.36. The van der Waals surface area contributed by atoms with Crippen LogP contribution in [0, 0.1) is 17.3 Å². The van der Waals surface area contributed by atoms with Crippen LogP contribution in [-0.4, -0.2) is 165 Å². The largest absolute Gasteiger partial charge is 0.379 e. The van der Waals surface area contributed by atoms with Crippen LogP contribution in [0.25, 0.3) is 27.6 Å². The summed E-state index contributed by atoms with van der Waals surface area (Å²) in [5.74, 6) is -0.761. The van der Waals surface area contributed by atoms with E-state index in [1.807, 2.05) is 43.9 Å². The van der Waals surface area contributed by atoms with E-state index in [0.29, 0.717) is 32.7 Å². The van der Waals surface area contributed by atoms with Gasteiger partial charge in [0.2, 0.25) is 17.7 Å². The molecule has 6 atom stereocenters.